The molecule has 0 aliphatic heterocycles. The van der Waals surface area contributed by atoms with E-state index in [-0.39, 0.29) is 5.91 Å². The van der Waals surface area contributed by atoms with Crippen LogP contribution in [0.2, 0.25) is 0 Å². The third-order valence-electron chi connectivity index (χ3n) is 2.80. The molecule has 1 aromatic rings. The first kappa shape index (κ1) is 14.5. The summed E-state index contributed by atoms with van der Waals surface area (Å²) >= 11 is 0. The number of para-hydroxylation sites is 1. The first-order valence-corrected chi connectivity index (χ1v) is 6.41. The molecule has 4 nitrogen and oxygen atoms in total. The molecule has 1 rings (SSSR count). The predicted molar refractivity (Wildman–Crippen MR) is 75.9 cm³/mol. The van der Waals surface area contributed by atoms with Gasteiger partial charge in [-0.2, -0.15) is 0 Å². The second-order valence-corrected chi connectivity index (χ2v) is 4.31. The first-order valence-electron chi connectivity index (χ1n) is 6.41. The SMILES string of the molecule is CNCCCC(=O)NCCN(C)c1ccccc1. The quantitative estimate of drug-likeness (QED) is 0.681. The highest BCUT2D eigenvalue weighted by Crippen LogP contribution is 2.09. The number of hydrogen-bond acceptors (Lipinski definition) is 3. The summed E-state index contributed by atoms with van der Waals surface area (Å²) in [6.45, 7) is 2.39. The van der Waals surface area contributed by atoms with Crippen LogP contribution in [0.25, 0.3) is 0 Å². The molecule has 4 heteroatoms. The highest BCUT2D eigenvalue weighted by Gasteiger charge is 2.02. The summed E-state index contributed by atoms with van der Waals surface area (Å²) in [5, 5.41) is 5.96. The van der Waals surface area contributed by atoms with Crippen molar-refractivity contribution in [3.05, 3.63) is 30.3 Å². The van der Waals surface area contributed by atoms with E-state index in [1.165, 1.54) is 5.69 Å². The van der Waals surface area contributed by atoms with E-state index in [2.05, 4.69) is 27.7 Å². The van der Waals surface area contributed by atoms with Gasteiger partial charge in [-0.25, -0.2) is 0 Å². The lowest BCUT2D eigenvalue weighted by molar-refractivity contribution is -0.121. The van der Waals surface area contributed by atoms with Gasteiger partial charge in [0.1, 0.15) is 0 Å². The Balaban J connectivity index is 2.16. The molecule has 18 heavy (non-hydrogen) atoms. The zero-order valence-corrected chi connectivity index (χ0v) is 11.3. The monoisotopic (exact) mass is 249 g/mol. The fourth-order valence-electron chi connectivity index (χ4n) is 1.69. The van der Waals surface area contributed by atoms with E-state index in [9.17, 15) is 4.79 Å². The highest BCUT2D eigenvalue weighted by atomic mass is 16.1. The van der Waals surface area contributed by atoms with Crippen molar-refractivity contribution in [2.75, 3.05) is 38.6 Å². The van der Waals surface area contributed by atoms with Crippen molar-refractivity contribution in [3.63, 3.8) is 0 Å². The van der Waals surface area contributed by atoms with Gasteiger partial charge in [0, 0.05) is 32.2 Å². The van der Waals surface area contributed by atoms with Crippen molar-refractivity contribution in [1.82, 2.24) is 10.6 Å². The zero-order valence-electron chi connectivity index (χ0n) is 11.3. The molecule has 0 unspecified atom stereocenters. The Morgan fingerprint density at radius 1 is 1.22 bits per heavy atom. The van der Waals surface area contributed by atoms with Gasteiger partial charge in [-0.15, -0.1) is 0 Å². The molecule has 0 aromatic heterocycles. The molecule has 0 aliphatic carbocycles. The Kier molecular flexibility index (Phi) is 6.87. The number of hydrogen-bond donors (Lipinski definition) is 2. The molecule has 0 bridgehead atoms. The number of nitrogens with zero attached hydrogens (tertiary/aromatic N) is 1. The Labute approximate surface area is 109 Å². The molecule has 1 amide bonds. The Hall–Kier alpha value is -1.55. The Morgan fingerprint density at radius 2 is 1.94 bits per heavy atom. The summed E-state index contributed by atoms with van der Waals surface area (Å²) in [5.41, 5.74) is 1.17. The van der Waals surface area contributed by atoms with E-state index < -0.39 is 0 Å². The molecule has 0 aliphatic rings. The van der Waals surface area contributed by atoms with Crippen LogP contribution in [0.5, 0.6) is 0 Å². The van der Waals surface area contributed by atoms with Crippen LogP contribution in [-0.4, -0.2) is 39.6 Å². The average molecular weight is 249 g/mol. The Bertz CT molecular complexity index is 340. The summed E-state index contributed by atoms with van der Waals surface area (Å²) < 4.78 is 0. The molecule has 0 saturated heterocycles. The minimum Gasteiger partial charge on any atom is -0.373 e. The van der Waals surface area contributed by atoms with Gasteiger partial charge in [0.25, 0.3) is 0 Å². The van der Waals surface area contributed by atoms with Crippen LogP contribution >= 0.6 is 0 Å². The van der Waals surface area contributed by atoms with E-state index in [1.807, 2.05) is 32.3 Å². The van der Waals surface area contributed by atoms with Crippen molar-refractivity contribution in [2.45, 2.75) is 12.8 Å². The largest absolute Gasteiger partial charge is 0.373 e. The summed E-state index contributed by atoms with van der Waals surface area (Å²) in [6, 6.07) is 10.2. The molecule has 1 aromatic carbocycles. The molecular weight excluding hydrogens is 226 g/mol. The molecule has 0 atom stereocenters. The summed E-state index contributed by atoms with van der Waals surface area (Å²) in [5.74, 6) is 0.131. The van der Waals surface area contributed by atoms with Crippen LogP contribution < -0.4 is 15.5 Å². The van der Waals surface area contributed by atoms with Crippen molar-refractivity contribution in [3.8, 4) is 0 Å². The van der Waals surface area contributed by atoms with Crippen LogP contribution in [0.4, 0.5) is 5.69 Å². The normalized spacial score (nSPS) is 10.1. The highest BCUT2D eigenvalue weighted by molar-refractivity contribution is 5.75. The summed E-state index contributed by atoms with van der Waals surface area (Å²) in [4.78, 5) is 13.6. The third-order valence-corrected chi connectivity index (χ3v) is 2.80. The molecular formula is C14H23N3O. The average Bonchev–Trinajstić information content (AvgIpc) is 2.40. The van der Waals surface area contributed by atoms with Crippen molar-refractivity contribution in [1.29, 1.82) is 0 Å². The molecule has 0 radical (unpaired) electrons. The van der Waals surface area contributed by atoms with E-state index >= 15 is 0 Å². The standard InChI is InChI=1S/C14H23N3O/c1-15-10-6-9-14(18)16-11-12-17(2)13-7-4-3-5-8-13/h3-5,7-8,15H,6,9-12H2,1-2H3,(H,16,18). The van der Waals surface area contributed by atoms with E-state index in [1.54, 1.807) is 0 Å². The van der Waals surface area contributed by atoms with Gasteiger partial charge in [0.2, 0.25) is 5.91 Å². The maximum atomic E-state index is 11.5. The molecule has 0 heterocycles. The lowest BCUT2D eigenvalue weighted by Crippen LogP contribution is -2.33. The summed E-state index contributed by atoms with van der Waals surface area (Å²) in [7, 11) is 3.93. The lowest BCUT2D eigenvalue weighted by atomic mass is 10.3. The fraction of sp³-hybridized carbons (Fsp3) is 0.500. The number of amides is 1. The second kappa shape index (κ2) is 8.53. The van der Waals surface area contributed by atoms with Crippen LogP contribution in [0.3, 0.4) is 0 Å². The topological polar surface area (TPSA) is 44.4 Å². The molecule has 0 fully saturated rings. The Morgan fingerprint density at radius 3 is 2.61 bits per heavy atom. The van der Waals surface area contributed by atoms with E-state index in [0.29, 0.717) is 13.0 Å². The number of carbonyl (C=O) groups excluding carboxylic acids is 1. The maximum absolute atomic E-state index is 11.5. The van der Waals surface area contributed by atoms with Gasteiger partial charge in [-0.05, 0) is 32.1 Å². The number of carbonyl (C=O) groups is 1. The van der Waals surface area contributed by atoms with Gasteiger partial charge >= 0.3 is 0 Å². The lowest BCUT2D eigenvalue weighted by Gasteiger charge is -2.19. The number of likely N-dealkylation sites (N-methyl/N-ethyl adjacent to an activating group) is 1. The summed E-state index contributed by atoms with van der Waals surface area (Å²) in [6.07, 6.45) is 1.48. The molecule has 0 spiro atoms. The second-order valence-electron chi connectivity index (χ2n) is 4.31. The van der Waals surface area contributed by atoms with Crippen molar-refractivity contribution in [2.24, 2.45) is 0 Å². The smallest absolute Gasteiger partial charge is 0.220 e. The molecule has 100 valence electrons. The van der Waals surface area contributed by atoms with Gasteiger partial charge in [0.05, 0.1) is 0 Å². The van der Waals surface area contributed by atoms with Crippen molar-refractivity contribution < 1.29 is 4.79 Å². The first-order chi connectivity index (χ1) is 8.74. The van der Waals surface area contributed by atoms with Crippen LogP contribution in [0.15, 0.2) is 30.3 Å². The zero-order chi connectivity index (χ0) is 13.2. The number of anilines is 1. The minimum atomic E-state index is 0.131. The van der Waals surface area contributed by atoms with Crippen molar-refractivity contribution >= 4 is 11.6 Å². The van der Waals surface area contributed by atoms with E-state index in [0.717, 1.165) is 19.5 Å². The maximum Gasteiger partial charge on any atom is 0.220 e. The van der Waals surface area contributed by atoms with E-state index in [4.69, 9.17) is 0 Å². The minimum absolute atomic E-state index is 0.131. The fourth-order valence-corrected chi connectivity index (χ4v) is 1.69. The molecule has 2 N–H and O–H groups in total. The number of rotatable bonds is 8. The predicted octanol–water partition coefficient (Wildman–Crippen LogP) is 1.24. The van der Waals surface area contributed by atoms with Gasteiger partial charge in [-0.1, -0.05) is 18.2 Å². The van der Waals surface area contributed by atoms with Crippen LogP contribution in [0.1, 0.15) is 12.8 Å². The van der Waals surface area contributed by atoms with Crippen LogP contribution in [0, 0.1) is 0 Å². The third kappa shape index (κ3) is 5.68. The number of benzene rings is 1. The van der Waals surface area contributed by atoms with Crippen LogP contribution in [-0.2, 0) is 4.79 Å². The van der Waals surface area contributed by atoms with Gasteiger partial charge < -0.3 is 15.5 Å². The van der Waals surface area contributed by atoms with Gasteiger partial charge in [-0.3, -0.25) is 4.79 Å². The number of nitrogens with one attached hydrogen (secondary N) is 2. The molecule has 0 saturated carbocycles. The van der Waals surface area contributed by atoms with Gasteiger partial charge in [0.15, 0.2) is 0 Å².